The first kappa shape index (κ1) is 12.2. The van der Waals surface area contributed by atoms with Gasteiger partial charge < -0.3 is 9.88 Å². The van der Waals surface area contributed by atoms with Crippen LogP contribution in [0.2, 0.25) is 0 Å². The molecule has 1 aromatic heterocycles. The van der Waals surface area contributed by atoms with E-state index in [9.17, 15) is 0 Å². The molecule has 1 saturated carbocycles. The molecule has 1 aliphatic carbocycles. The average molecular weight is 247 g/mol. The van der Waals surface area contributed by atoms with Crippen LogP contribution in [-0.4, -0.2) is 22.6 Å². The Morgan fingerprint density at radius 3 is 2.94 bits per heavy atom. The van der Waals surface area contributed by atoms with Crippen molar-refractivity contribution in [3.63, 3.8) is 0 Å². The standard InChI is InChI=1S/C15H25N3/c1-2-15(6-3-4-7-15)11-18-12-17-10-14(18)13-5-8-16-9-13/h10,12-13,16H,2-9,11H2,1H3. The zero-order valence-corrected chi connectivity index (χ0v) is 11.5. The number of hydrogen-bond acceptors (Lipinski definition) is 2. The molecule has 0 spiro atoms. The van der Waals surface area contributed by atoms with Gasteiger partial charge in [-0.25, -0.2) is 4.98 Å². The summed E-state index contributed by atoms with van der Waals surface area (Å²) in [6, 6.07) is 0. The predicted octanol–water partition coefficient (Wildman–Crippen LogP) is 2.93. The van der Waals surface area contributed by atoms with Gasteiger partial charge in [0.2, 0.25) is 0 Å². The van der Waals surface area contributed by atoms with E-state index in [1.54, 1.807) is 0 Å². The third kappa shape index (κ3) is 2.20. The van der Waals surface area contributed by atoms with Gasteiger partial charge >= 0.3 is 0 Å². The Morgan fingerprint density at radius 1 is 1.44 bits per heavy atom. The van der Waals surface area contributed by atoms with E-state index in [0.29, 0.717) is 11.3 Å². The van der Waals surface area contributed by atoms with Gasteiger partial charge in [0, 0.05) is 30.9 Å². The van der Waals surface area contributed by atoms with Gasteiger partial charge in [0.15, 0.2) is 0 Å². The molecule has 1 atom stereocenters. The second kappa shape index (κ2) is 5.04. The lowest BCUT2D eigenvalue weighted by Crippen LogP contribution is -2.24. The Hall–Kier alpha value is -0.830. The molecule has 2 heterocycles. The van der Waals surface area contributed by atoms with Crippen LogP contribution in [0.4, 0.5) is 0 Å². The summed E-state index contributed by atoms with van der Waals surface area (Å²) >= 11 is 0. The Morgan fingerprint density at radius 2 is 2.28 bits per heavy atom. The van der Waals surface area contributed by atoms with E-state index in [4.69, 9.17) is 0 Å². The summed E-state index contributed by atoms with van der Waals surface area (Å²) in [5, 5.41) is 3.46. The molecular formula is C15H25N3. The average Bonchev–Trinajstić information content (AvgIpc) is 3.10. The van der Waals surface area contributed by atoms with Crippen LogP contribution in [-0.2, 0) is 6.54 Å². The lowest BCUT2D eigenvalue weighted by molar-refractivity contribution is 0.233. The number of imidazole rings is 1. The quantitative estimate of drug-likeness (QED) is 0.886. The fourth-order valence-corrected chi connectivity index (χ4v) is 3.82. The van der Waals surface area contributed by atoms with Crippen LogP contribution >= 0.6 is 0 Å². The Balaban J connectivity index is 1.77. The van der Waals surface area contributed by atoms with Gasteiger partial charge in [-0.1, -0.05) is 19.8 Å². The Kier molecular flexibility index (Phi) is 3.42. The number of hydrogen-bond donors (Lipinski definition) is 1. The number of aromatic nitrogens is 2. The van der Waals surface area contributed by atoms with Gasteiger partial charge in [0.1, 0.15) is 0 Å². The van der Waals surface area contributed by atoms with Crippen molar-refractivity contribution in [2.24, 2.45) is 5.41 Å². The summed E-state index contributed by atoms with van der Waals surface area (Å²) in [6.45, 7) is 5.84. The van der Waals surface area contributed by atoms with E-state index in [0.717, 1.165) is 13.1 Å². The van der Waals surface area contributed by atoms with Crippen LogP contribution in [0.15, 0.2) is 12.5 Å². The highest BCUT2D eigenvalue weighted by molar-refractivity contribution is 5.10. The molecular weight excluding hydrogens is 222 g/mol. The SMILES string of the molecule is CCC1(Cn2cncc2C2CCNC2)CCCC1. The van der Waals surface area contributed by atoms with Crippen LogP contribution in [0.1, 0.15) is 57.1 Å². The lowest BCUT2D eigenvalue weighted by Gasteiger charge is -2.29. The van der Waals surface area contributed by atoms with Crippen molar-refractivity contribution in [2.75, 3.05) is 13.1 Å². The third-order valence-electron chi connectivity index (χ3n) is 5.14. The predicted molar refractivity (Wildman–Crippen MR) is 73.6 cm³/mol. The zero-order valence-electron chi connectivity index (χ0n) is 11.5. The summed E-state index contributed by atoms with van der Waals surface area (Å²) in [6.07, 6.45) is 12.4. The van der Waals surface area contributed by atoms with Crippen molar-refractivity contribution in [2.45, 2.75) is 57.9 Å². The van der Waals surface area contributed by atoms with Gasteiger partial charge in [-0.15, -0.1) is 0 Å². The molecule has 1 N–H and O–H groups in total. The molecule has 18 heavy (non-hydrogen) atoms. The minimum absolute atomic E-state index is 0.557. The van der Waals surface area contributed by atoms with Crippen LogP contribution < -0.4 is 5.32 Å². The van der Waals surface area contributed by atoms with Crippen LogP contribution in [0.3, 0.4) is 0 Å². The summed E-state index contributed by atoms with van der Waals surface area (Å²) in [4.78, 5) is 4.41. The van der Waals surface area contributed by atoms with Gasteiger partial charge in [-0.2, -0.15) is 0 Å². The monoisotopic (exact) mass is 247 g/mol. The molecule has 0 aromatic carbocycles. The van der Waals surface area contributed by atoms with E-state index in [1.165, 1.54) is 50.8 Å². The smallest absolute Gasteiger partial charge is 0.0948 e. The summed E-state index contributed by atoms with van der Waals surface area (Å²) in [5.74, 6) is 0.683. The molecule has 0 bridgehead atoms. The minimum atomic E-state index is 0.557. The maximum Gasteiger partial charge on any atom is 0.0948 e. The van der Waals surface area contributed by atoms with Crippen molar-refractivity contribution in [1.29, 1.82) is 0 Å². The molecule has 1 saturated heterocycles. The Bertz CT molecular complexity index is 384. The summed E-state index contributed by atoms with van der Waals surface area (Å²) in [5.41, 5.74) is 2.02. The molecule has 1 aliphatic heterocycles. The highest BCUT2D eigenvalue weighted by atomic mass is 15.1. The topological polar surface area (TPSA) is 29.9 Å². The van der Waals surface area contributed by atoms with Crippen molar-refractivity contribution >= 4 is 0 Å². The number of rotatable bonds is 4. The lowest BCUT2D eigenvalue weighted by atomic mass is 9.83. The van der Waals surface area contributed by atoms with E-state index < -0.39 is 0 Å². The first-order valence-corrected chi connectivity index (χ1v) is 7.54. The van der Waals surface area contributed by atoms with Gasteiger partial charge in [0.05, 0.1) is 6.33 Å². The van der Waals surface area contributed by atoms with E-state index >= 15 is 0 Å². The van der Waals surface area contributed by atoms with E-state index in [1.807, 2.05) is 0 Å². The zero-order chi connectivity index (χ0) is 12.4. The highest BCUT2D eigenvalue weighted by Crippen LogP contribution is 2.42. The van der Waals surface area contributed by atoms with Crippen molar-refractivity contribution in [3.05, 3.63) is 18.2 Å². The molecule has 2 fully saturated rings. The first-order chi connectivity index (χ1) is 8.83. The van der Waals surface area contributed by atoms with Crippen LogP contribution in [0, 0.1) is 5.41 Å². The van der Waals surface area contributed by atoms with Gasteiger partial charge in [-0.3, -0.25) is 0 Å². The van der Waals surface area contributed by atoms with Crippen molar-refractivity contribution < 1.29 is 0 Å². The molecule has 3 heteroatoms. The van der Waals surface area contributed by atoms with Gasteiger partial charge in [-0.05, 0) is 37.6 Å². The van der Waals surface area contributed by atoms with E-state index in [2.05, 4.69) is 34.3 Å². The fourth-order valence-electron chi connectivity index (χ4n) is 3.82. The summed E-state index contributed by atoms with van der Waals surface area (Å²) in [7, 11) is 0. The minimum Gasteiger partial charge on any atom is -0.334 e. The molecule has 1 aromatic rings. The highest BCUT2D eigenvalue weighted by Gasteiger charge is 2.33. The van der Waals surface area contributed by atoms with Crippen LogP contribution in [0.25, 0.3) is 0 Å². The number of nitrogens with zero attached hydrogens (tertiary/aromatic N) is 2. The molecule has 100 valence electrons. The normalized spacial score (nSPS) is 26.8. The van der Waals surface area contributed by atoms with Crippen molar-refractivity contribution in [3.8, 4) is 0 Å². The fraction of sp³-hybridized carbons (Fsp3) is 0.800. The number of nitrogens with one attached hydrogen (secondary N) is 1. The molecule has 1 unspecified atom stereocenters. The first-order valence-electron chi connectivity index (χ1n) is 7.54. The molecule has 2 aliphatic rings. The summed E-state index contributed by atoms with van der Waals surface area (Å²) < 4.78 is 2.45. The molecule has 0 radical (unpaired) electrons. The maximum atomic E-state index is 4.41. The molecule has 3 rings (SSSR count). The largest absolute Gasteiger partial charge is 0.334 e. The molecule has 3 nitrogen and oxygen atoms in total. The van der Waals surface area contributed by atoms with Crippen molar-refractivity contribution in [1.82, 2.24) is 14.9 Å². The van der Waals surface area contributed by atoms with E-state index in [-0.39, 0.29) is 0 Å². The van der Waals surface area contributed by atoms with Gasteiger partial charge in [0.25, 0.3) is 0 Å². The molecule has 0 amide bonds. The second-order valence-corrected chi connectivity index (χ2v) is 6.20. The Labute approximate surface area is 110 Å². The maximum absolute atomic E-state index is 4.41. The third-order valence-corrected chi connectivity index (χ3v) is 5.14. The van der Waals surface area contributed by atoms with Crippen LogP contribution in [0.5, 0.6) is 0 Å². The second-order valence-electron chi connectivity index (χ2n) is 6.20.